The van der Waals surface area contributed by atoms with Crippen molar-refractivity contribution >= 4 is 39.6 Å². The molecule has 3 nitrogen and oxygen atoms in total. The van der Waals surface area contributed by atoms with Crippen LogP contribution in [0.15, 0.2) is 60.1 Å². The van der Waals surface area contributed by atoms with Crippen molar-refractivity contribution in [2.75, 3.05) is 13.1 Å². The van der Waals surface area contributed by atoms with Gasteiger partial charge in [0, 0.05) is 41.0 Å². The van der Waals surface area contributed by atoms with Gasteiger partial charge >= 0.3 is 0 Å². The normalized spacial score (nSPS) is 12.0. The second-order valence-corrected chi connectivity index (χ2v) is 7.27. The van der Waals surface area contributed by atoms with Crippen molar-refractivity contribution in [2.24, 2.45) is 0 Å². The molecular formula is C19H21N3S2. The van der Waals surface area contributed by atoms with Crippen LogP contribution >= 0.6 is 23.6 Å². The zero-order chi connectivity index (χ0) is 16.9. The summed E-state index contributed by atoms with van der Waals surface area (Å²) in [5.74, 6) is 0.255. The van der Waals surface area contributed by atoms with Crippen molar-refractivity contribution < 1.29 is 0 Å². The van der Waals surface area contributed by atoms with Crippen LogP contribution in [0.3, 0.4) is 0 Å². The Kier molecular flexibility index (Phi) is 5.33. The molecule has 3 rings (SSSR count). The van der Waals surface area contributed by atoms with E-state index in [-0.39, 0.29) is 5.92 Å². The van der Waals surface area contributed by atoms with Gasteiger partial charge in [-0.15, -0.1) is 11.3 Å². The van der Waals surface area contributed by atoms with Crippen LogP contribution in [0.5, 0.6) is 0 Å². The summed E-state index contributed by atoms with van der Waals surface area (Å²) in [6.45, 7) is 7.32. The minimum absolute atomic E-state index is 0.255. The maximum absolute atomic E-state index is 5.38. The molecule has 0 amide bonds. The maximum Gasteiger partial charge on any atom is 0.166 e. The minimum Gasteiger partial charge on any atom is -0.362 e. The molecule has 3 N–H and O–H groups in total. The Hall–Kier alpha value is -2.11. The number of aromatic nitrogens is 1. The predicted octanol–water partition coefficient (Wildman–Crippen LogP) is 4.40. The minimum atomic E-state index is 0.255. The molecule has 0 aliphatic rings. The number of rotatable bonds is 6. The molecule has 2 aromatic heterocycles. The van der Waals surface area contributed by atoms with Crippen LogP contribution in [-0.2, 0) is 0 Å². The summed E-state index contributed by atoms with van der Waals surface area (Å²) >= 11 is 7.15. The maximum atomic E-state index is 5.38. The third-order valence-corrected chi connectivity index (χ3v) is 5.18. The van der Waals surface area contributed by atoms with Crippen molar-refractivity contribution in [3.63, 3.8) is 0 Å². The van der Waals surface area contributed by atoms with E-state index in [1.54, 1.807) is 11.3 Å². The molecule has 1 aromatic carbocycles. The van der Waals surface area contributed by atoms with E-state index in [4.69, 9.17) is 12.2 Å². The molecule has 0 aliphatic carbocycles. The average molecular weight is 356 g/mol. The average Bonchev–Trinajstić information content (AvgIpc) is 3.24. The lowest BCUT2D eigenvalue weighted by Gasteiger charge is -2.18. The smallest absolute Gasteiger partial charge is 0.166 e. The van der Waals surface area contributed by atoms with Crippen LogP contribution < -0.4 is 10.6 Å². The van der Waals surface area contributed by atoms with Gasteiger partial charge in [0.2, 0.25) is 0 Å². The highest BCUT2D eigenvalue weighted by atomic mass is 32.1. The first-order chi connectivity index (χ1) is 11.6. The fraction of sp³-hybridized carbons (Fsp3) is 0.211. The van der Waals surface area contributed by atoms with E-state index in [9.17, 15) is 0 Å². The molecule has 2 heterocycles. The number of H-pyrrole nitrogens is 1. The van der Waals surface area contributed by atoms with Crippen LogP contribution in [-0.4, -0.2) is 23.2 Å². The number of hydrogen-bond acceptors (Lipinski definition) is 2. The van der Waals surface area contributed by atoms with Gasteiger partial charge in [-0.25, -0.2) is 0 Å². The molecule has 0 aliphatic heterocycles. The van der Waals surface area contributed by atoms with Gasteiger partial charge in [-0.05, 0) is 42.2 Å². The van der Waals surface area contributed by atoms with Crippen molar-refractivity contribution in [1.82, 2.24) is 15.6 Å². The largest absolute Gasteiger partial charge is 0.362 e. The SMILES string of the molecule is C=C(C)CNC(=S)NC[C@@H](c1cccs1)c1c[nH]c2ccccc12. The number of nitrogens with one attached hydrogen (secondary N) is 3. The highest BCUT2D eigenvalue weighted by molar-refractivity contribution is 7.80. The molecule has 1 atom stereocenters. The summed E-state index contributed by atoms with van der Waals surface area (Å²) < 4.78 is 0. The first-order valence-electron chi connectivity index (χ1n) is 7.90. The number of thiocarbonyl (C=S) groups is 1. The number of benzene rings is 1. The quantitative estimate of drug-likeness (QED) is 0.453. The van der Waals surface area contributed by atoms with Gasteiger partial charge in [-0.1, -0.05) is 36.4 Å². The fourth-order valence-corrected chi connectivity index (χ4v) is 3.73. The summed E-state index contributed by atoms with van der Waals surface area (Å²) in [6.07, 6.45) is 2.11. The Morgan fingerprint density at radius 1 is 1.25 bits per heavy atom. The molecule has 0 radical (unpaired) electrons. The predicted molar refractivity (Wildman–Crippen MR) is 108 cm³/mol. The molecule has 124 valence electrons. The Labute approximate surface area is 151 Å². The van der Waals surface area contributed by atoms with Crippen LogP contribution in [0, 0.1) is 0 Å². The number of fused-ring (bicyclic) bond motifs is 1. The summed E-state index contributed by atoms with van der Waals surface area (Å²) in [7, 11) is 0. The van der Waals surface area contributed by atoms with E-state index in [1.807, 2.05) is 6.92 Å². The van der Waals surface area contributed by atoms with Crippen molar-refractivity contribution in [2.45, 2.75) is 12.8 Å². The summed E-state index contributed by atoms with van der Waals surface area (Å²) in [5, 5.41) is 10.6. The van der Waals surface area contributed by atoms with Crippen molar-refractivity contribution in [3.8, 4) is 0 Å². The van der Waals surface area contributed by atoms with Gasteiger partial charge in [-0.2, -0.15) is 0 Å². The second-order valence-electron chi connectivity index (χ2n) is 5.88. The van der Waals surface area contributed by atoms with Gasteiger partial charge < -0.3 is 15.6 Å². The molecule has 0 bridgehead atoms. The molecule has 0 fully saturated rings. The topological polar surface area (TPSA) is 39.8 Å². The van der Waals surface area contributed by atoms with E-state index in [0.29, 0.717) is 11.7 Å². The second kappa shape index (κ2) is 7.64. The Bertz CT molecular complexity index is 833. The zero-order valence-electron chi connectivity index (χ0n) is 13.6. The Morgan fingerprint density at radius 3 is 2.83 bits per heavy atom. The van der Waals surface area contributed by atoms with Gasteiger partial charge in [-0.3, -0.25) is 0 Å². The summed E-state index contributed by atoms with van der Waals surface area (Å²) in [6, 6.07) is 12.7. The molecule has 0 unspecified atom stereocenters. The Balaban J connectivity index is 1.80. The lowest BCUT2D eigenvalue weighted by Crippen LogP contribution is -2.38. The summed E-state index contributed by atoms with van der Waals surface area (Å²) in [4.78, 5) is 4.70. The highest BCUT2D eigenvalue weighted by Crippen LogP contribution is 2.32. The van der Waals surface area contributed by atoms with Crippen LogP contribution in [0.25, 0.3) is 10.9 Å². The van der Waals surface area contributed by atoms with E-state index < -0.39 is 0 Å². The highest BCUT2D eigenvalue weighted by Gasteiger charge is 2.19. The first-order valence-corrected chi connectivity index (χ1v) is 9.19. The lowest BCUT2D eigenvalue weighted by atomic mass is 9.97. The Morgan fingerprint density at radius 2 is 2.08 bits per heavy atom. The van der Waals surface area contributed by atoms with Gasteiger partial charge in [0.15, 0.2) is 5.11 Å². The molecule has 3 aromatic rings. The van der Waals surface area contributed by atoms with E-state index in [2.05, 4.69) is 70.2 Å². The van der Waals surface area contributed by atoms with Crippen molar-refractivity contribution in [1.29, 1.82) is 0 Å². The number of hydrogen-bond donors (Lipinski definition) is 3. The van der Waals surface area contributed by atoms with E-state index in [1.165, 1.54) is 15.8 Å². The number of aromatic amines is 1. The van der Waals surface area contributed by atoms with Crippen LogP contribution in [0.2, 0.25) is 0 Å². The van der Waals surface area contributed by atoms with Crippen LogP contribution in [0.1, 0.15) is 23.3 Å². The zero-order valence-corrected chi connectivity index (χ0v) is 15.3. The lowest BCUT2D eigenvalue weighted by molar-refractivity contribution is 0.760. The monoisotopic (exact) mass is 355 g/mol. The van der Waals surface area contributed by atoms with E-state index in [0.717, 1.165) is 17.6 Å². The first kappa shape index (κ1) is 16.7. The van der Waals surface area contributed by atoms with Gasteiger partial charge in [0.05, 0.1) is 0 Å². The third kappa shape index (κ3) is 3.86. The number of para-hydroxylation sites is 1. The molecule has 24 heavy (non-hydrogen) atoms. The molecule has 0 saturated heterocycles. The molecule has 5 heteroatoms. The van der Waals surface area contributed by atoms with Gasteiger partial charge in [0.25, 0.3) is 0 Å². The summed E-state index contributed by atoms with van der Waals surface area (Å²) in [5.41, 5.74) is 3.52. The fourth-order valence-electron chi connectivity index (χ4n) is 2.72. The molecular weight excluding hydrogens is 334 g/mol. The molecule has 0 saturated carbocycles. The molecule has 0 spiro atoms. The standard InChI is InChI=1S/C19H21N3S2/c1-13(2)10-21-19(23)22-12-16(18-8-5-9-24-18)15-11-20-17-7-4-3-6-14(15)17/h3-9,11,16,20H,1,10,12H2,2H3,(H2,21,22,23)/t16-/m1/s1. The van der Waals surface area contributed by atoms with E-state index >= 15 is 0 Å². The number of thiophene rings is 1. The third-order valence-electron chi connectivity index (χ3n) is 3.90. The van der Waals surface area contributed by atoms with Gasteiger partial charge in [0.1, 0.15) is 0 Å². The van der Waals surface area contributed by atoms with Crippen molar-refractivity contribution in [3.05, 3.63) is 70.6 Å². The van der Waals surface area contributed by atoms with Crippen LogP contribution in [0.4, 0.5) is 0 Å².